The van der Waals surface area contributed by atoms with Gasteiger partial charge in [0.25, 0.3) is 0 Å². The van der Waals surface area contributed by atoms with E-state index < -0.39 is 0 Å². The number of rotatable bonds is 5. The third-order valence-electron chi connectivity index (χ3n) is 3.28. The summed E-state index contributed by atoms with van der Waals surface area (Å²) in [7, 11) is 0.475. The lowest BCUT2D eigenvalue weighted by atomic mass is 9.85. The van der Waals surface area contributed by atoms with Crippen LogP contribution in [-0.4, -0.2) is 42.8 Å². The molecule has 0 amide bonds. The average molecular weight is 307 g/mol. The maximum atomic E-state index is 12.1. The van der Waals surface area contributed by atoms with Crippen LogP contribution in [0.5, 0.6) is 0 Å². The van der Waals surface area contributed by atoms with Crippen LogP contribution in [0.2, 0.25) is 6.55 Å². The fourth-order valence-corrected chi connectivity index (χ4v) is 3.92. The zero-order valence-electron chi connectivity index (χ0n) is 11.5. The Morgan fingerprint density at radius 1 is 1.65 bits per heavy atom. The molecule has 7 heteroatoms. The van der Waals surface area contributed by atoms with Crippen molar-refractivity contribution >= 4 is 38.7 Å². The van der Waals surface area contributed by atoms with Crippen LogP contribution >= 0.6 is 12.2 Å². The van der Waals surface area contributed by atoms with Crippen LogP contribution in [0.25, 0.3) is 0 Å². The molecule has 0 spiro atoms. The third-order valence-corrected chi connectivity index (χ3v) is 4.95. The fourth-order valence-electron chi connectivity index (χ4n) is 2.37. The number of hydrogen-bond donors (Lipinski definition) is 1. The van der Waals surface area contributed by atoms with Gasteiger partial charge in [0.15, 0.2) is 9.68 Å². The van der Waals surface area contributed by atoms with Crippen molar-refractivity contribution in [2.75, 3.05) is 12.3 Å². The maximum Gasteiger partial charge on any atom is 0.328 e. The highest BCUT2D eigenvalue weighted by Gasteiger charge is 2.47. The van der Waals surface area contributed by atoms with Crippen molar-refractivity contribution in [1.82, 2.24) is 9.55 Å². The molecule has 0 aromatic carbocycles. The molecule has 2 heterocycles. The van der Waals surface area contributed by atoms with E-state index in [-0.39, 0.29) is 17.9 Å². The molecule has 1 aromatic heterocycles. The number of nitrogens with two attached hydrogens (primary N) is 1. The van der Waals surface area contributed by atoms with Crippen molar-refractivity contribution in [3.05, 3.63) is 23.9 Å². The minimum Gasteiger partial charge on any atom is -0.464 e. The summed E-state index contributed by atoms with van der Waals surface area (Å²) in [5.41, 5.74) is 6.72. The lowest BCUT2D eigenvalue weighted by Crippen LogP contribution is -2.65. The highest BCUT2D eigenvalue weighted by Crippen LogP contribution is 2.31. The summed E-state index contributed by atoms with van der Waals surface area (Å²) in [4.78, 5) is 16.9. The molecule has 0 saturated carbocycles. The van der Waals surface area contributed by atoms with E-state index in [4.69, 9.17) is 22.7 Å². The minimum atomic E-state index is -0.264. The number of anilines is 1. The standard InChI is InChI=1S/C13H17N3O2SSi/c1-3-18-13(17)11-9(12(19)16(11)20-2)6-8-4-5-15-10(14)7-8/h4-5,7,9,11H,3,6H2,1-2H3,(H2,14,15)/t9-,11+/m1/s1. The van der Waals surface area contributed by atoms with Crippen LogP contribution in [0.3, 0.4) is 0 Å². The van der Waals surface area contributed by atoms with E-state index >= 15 is 0 Å². The van der Waals surface area contributed by atoms with Crippen molar-refractivity contribution < 1.29 is 9.53 Å². The van der Waals surface area contributed by atoms with Gasteiger partial charge in [-0.1, -0.05) is 18.8 Å². The van der Waals surface area contributed by atoms with Crippen LogP contribution in [0.15, 0.2) is 18.3 Å². The zero-order valence-corrected chi connectivity index (χ0v) is 13.3. The first-order chi connectivity index (χ1) is 9.58. The molecule has 0 unspecified atom stereocenters. The smallest absolute Gasteiger partial charge is 0.328 e. The molecule has 1 aliphatic heterocycles. The van der Waals surface area contributed by atoms with Crippen LogP contribution in [0.4, 0.5) is 5.82 Å². The van der Waals surface area contributed by atoms with Gasteiger partial charge in [-0.05, 0) is 31.0 Å². The van der Waals surface area contributed by atoms with Gasteiger partial charge in [0, 0.05) is 12.1 Å². The van der Waals surface area contributed by atoms with E-state index in [1.165, 1.54) is 0 Å². The van der Waals surface area contributed by atoms with Crippen LogP contribution in [0.1, 0.15) is 12.5 Å². The lowest BCUT2D eigenvalue weighted by Gasteiger charge is -2.48. The van der Waals surface area contributed by atoms with E-state index in [9.17, 15) is 4.79 Å². The van der Waals surface area contributed by atoms with Crippen molar-refractivity contribution in [3.8, 4) is 0 Å². The summed E-state index contributed by atoms with van der Waals surface area (Å²) in [5.74, 6) is 0.301. The molecule has 0 aliphatic carbocycles. The highest BCUT2D eigenvalue weighted by atomic mass is 32.1. The summed E-state index contributed by atoms with van der Waals surface area (Å²) < 4.78 is 7.09. The first kappa shape index (κ1) is 14.9. The highest BCUT2D eigenvalue weighted by molar-refractivity contribution is 7.80. The molecular formula is C13H17N3O2SSi. The summed E-state index contributed by atoms with van der Waals surface area (Å²) in [6.45, 7) is 4.21. The van der Waals surface area contributed by atoms with Gasteiger partial charge in [0.1, 0.15) is 11.9 Å². The molecule has 2 radical (unpaired) electrons. The van der Waals surface area contributed by atoms with Gasteiger partial charge < -0.3 is 15.0 Å². The second kappa shape index (κ2) is 6.32. The second-order valence-corrected chi connectivity index (χ2v) is 5.88. The molecule has 2 N–H and O–H groups in total. The number of aromatic nitrogens is 1. The molecule has 2 rings (SSSR count). The normalized spacial score (nSPS) is 21.5. The van der Waals surface area contributed by atoms with Gasteiger partial charge in [0.05, 0.1) is 11.6 Å². The molecule has 5 nitrogen and oxygen atoms in total. The largest absolute Gasteiger partial charge is 0.464 e. The number of carbonyl (C=O) groups excluding carboxylic acids is 1. The number of esters is 1. The lowest BCUT2D eigenvalue weighted by molar-refractivity contribution is -0.149. The summed E-state index contributed by atoms with van der Waals surface area (Å²) in [5, 5.41) is 0. The quantitative estimate of drug-likeness (QED) is 0.498. The SMILES string of the molecule is CCOC(=O)[C@@H]1[C@@H](Cc2ccnc(N)c2)C(=S)N1[Si]C. The number of hydrogen-bond acceptors (Lipinski definition) is 5. The van der Waals surface area contributed by atoms with Crippen LogP contribution < -0.4 is 5.73 Å². The van der Waals surface area contributed by atoms with E-state index in [0.29, 0.717) is 28.5 Å². The number of thiocarbonyl (C=S) groups is 1. The molecule has 1 aliphatic rings. The minimum absolute atomic E-state index is 0.0123. The molecule has 0 bridgehead atoms. The molecular weight excluding hydrogens is 290 g/mol. The van der Waals surface area contributed by atoms with Crippen LogP contribution in [0, 0.1) is 5.92 Å². The number of nitrogens with zero attached hydrogens (tertiary/aromatic N) is 2. The molecule has 20 heavy (non-hydrogen) atoms. The fraction of sp³-hybridized carbons (Fsp3) is 0.462. The molecule has 106 valence electrons. The first-order valence-corrected chi connectivity index (χ1v) is 8.31. The Balaban J connectivity index is 2.13. The Hall–Kier alpha value is -1.47. The Morgan fingerprint density at radius 3 is 3.00 bits per heavy atom. The van der Waals surface area contributed by atoms with Crippen molar-refractivity contribution in [2.24, 2.45) is 5.92 Å². The topological polar surface area (TPSA) is 68.4 Å². The number of ether oxygens (including phenoxy) is 1. The number of carbonyl (C=O) groups is 1. The number of pyridine rings is 1. The molecule has 2 atom stereocenters. The summed E-state index contributed by atoms with van der Waals surface area (Å²) in [6.07, 6.45) is 2.36. The van der Waals surface area contributed by atoms with E-state index in [0.717, 1.165) is 10.6 Å². The van der Waals surface area contributed by atoms with Gasteiger partial charge in [-0.2, -0.15) is 0 Å². The predicted octanol–water partition coefficient (Wildman–Crippen LogP) is 1.06. The van der Waals surface area contributed by atoms with Crippen molar-refractivity contribution in [2.45, 2.75) is 25.9 Å². The van der Waals surface area contributed by atoms with Gasteiger partial charge in [-0.3, -0.25) is 0 Å². The Labute approximate surface area is 126 Å². The summed E-state index contributed by atoms with van der Waals surface area (Å²) in [6, 6.07) is 3.46. The Morgan fingerprint density at radius 2 is 2.40 bits per heavy atom. The number of nitrogen functional groups attached to an aromatic ring is 1. The molecule has 1 aromatic rings. The third kappa shape index (κ3) is 2.83. The van der Waals surface area contributed by atoms with E-state index in [1.807, 2.05) is 30.2 Å². The predicted molar refractivity (Wildman–Crippen MR) is 82.3 cm³/mol. The van der Waals surface area contributed by atoms with Crippen molar-refractivity contribution in [1.29, 1.82) is 0 Å². The van der Waals surface area contributed by atoms with Crippen molar-refractivity contribution in [3.63, 3.8) is 0 Å². The van der Waals surface area contributed by atoms with Gasteiger partial charge in [-0.25, -0.2) is 9.78 Å². The van der Waals surface area contributed by atoms with Gasteiger partial charge >= 0.3 is 5.97 Å². The average Bonchev–Trinajstić information content (AvgIpc) is 2.42. The van der Waals surface area contributed by atoms with Gasteiger partial charge in [0.2, 0.25) is 0 Å². The van der Waals surface area contributed by atoms with E-state index in [2.05, 4.69) is 4.98 Å². The maximum absolute atomic E-state index is 12.1. The van der Waals surface area contributed by atoms with Gasteiger partial charge in [-0.15, -0.1) is 0 Å². The first-order valence-electron chi connectivity index (χ1n) is 6.46. The van der Waals surface area contributed by atoms with E-state index in [1.54, 1.807) is 6.20 Å². The monoisotopic (exact) mass is 307 g/mol. The second-order valence-electron chi connectivity index (χ2n) is 4.53. The Bertz CT molecular complexity index is 526. The zero-order chi connectivity index (χ0) is 14.7. The molecule has 1 saturated heterocycles. The summed E-state index contributed by atoms with van der Waals surface area (Å²) >= 11 is 5.42. The Kier molecular flexibility index (Phi) is 4.72. The molecule has 1 fully saturated rings. The van der Waals surface area contributed by atoms with Crippen LogP contribution in [-0.2, 0) is 16.0 Å².